The number of hydrogen-bond donors (Lipinski definition) is 1. The third kappa shape index (κ3) is 3.04. The van der Waals surface area contributed by atoms with Gasteiger partial charge in [0.2, 0.25) is 0 Å². The molecule has 2 heterocycles. The zero-order chi connectivity index (χ0) is 15.6. The summed E-state index contributed by atoms with van der Waals surface area (Å²) in [5.41, 5.74) is 2.06. The molecule has 0 radical (unpaired) electrons. The van der Waals surface area contributed by atoms with Crippen LogP contribution in [0, 0.1) is 5.92 Å². The number of unbranched alkanes of at least 4 members (excludes halogenated alkanes) is 1. The van der Waals surface area contributed by atoms with Gasteiger partial charge in [-0.1, -0.05) is 26.2 Å². The molecule has 0 spiro atoms. The molecule has 1 aromatic heterocycles. The summed E-state index contributed by atoms with van der Waals surface area (Å²) in [4.78, 5) is 8.37. The van der Waals surface area contributed by atoms with E-state index in [9.17, 15) is 0 Å². The average Bonchev–Trinajstić information content (AvgIpc) is 3.01. The molecule has 0 amide bonds. The fourth-order valence-electron chi connectivity index (χ4n) is 3.98. The van der Waals surface area contributed by atoms with E-state index in [-0.39, 0.29) is 0 Å². The monoisotopic (exact) mass is 314 g/mol. The molecule has 0 atom stereocenters. The molecule has 1 aliphatic carbocycles. The van der Waals surface area contributed by atoms with Crippen LogP contribution in [0.1, 0.15) is 63.6 Å². The van der Waals surface area contributed by atoms with Crippen molar-refractivity contribution in [2.75, 3.05) is 13.2 Å². The van der Waals surface area contributed by atoms with E-state index in [1.165, 1.54) is 44.9 Å². The smallest absolute Gasteiger partial charge is 0.163 e. The van der Waals surface area contributed by atoms with Crippen molar-refractivity contribution in [2.24, 2.45) is 5.92 Å². The summed E-state index contributed by atoms with van der Waals surface area (Å²) in [6, 6.07) is 4.05. The normalized spacial score (nSPS) is 24.0. The van der Waals surface area contributed by atoms with Gasteiger partial charge in [0.15, 0.2) is 11.5 Å². The highest BCUT2D eigenvalue weighted by Gasteiger charge is 2.25. The summed E-state index contributed by atoms with van der Waals surface area (Å²) in [5.74, 6) is 4.33. The molecule has 1 aliphatic heterocycles. The molecule has 1 N–H and O–H groups in total. The van der Waals surface area contributed by atoms with Crippen molar-refractivity contribution in [3.05, 3.63) is 18.0 Å². The molecule has 124 valence electrons. The number of aromatic amines is 1. The quantitative estimate of drug-likeness (QED) is 0.882. The molecule has 4 nitrogen and oxygen atoms in total. The lowest BCUT2D eigenvalue weighted by molar-refractivity contribution is 0.172. The predicted octanol–water partition coefficient (Wildman–Crippen LogP) is 4.80. The molecule has 0 unspecified atom stereocenters. The second kappa shape index (κ2) is 6.42. The molecule has 0 bridgehead atoms. The van der Waals surface area contributed by atoms with Crippen molar-refractivity contribution in [3.63, 3.8) is 0 Å². The van der Waals surface area contributed by atoms with E-state index in [2.05, 4.69) is 11.9 Å². The van der Waals surface area contributed by atoms with Crippen molar-refractivity contribution in [3.8, 4) is 11.5 Å². The summed E-state index contributed by atoms with van der Waals surface area (Å²) in [6.45, 7) is 3.53. The van der Waals surface area contributed by atoms with Crippen LogP contribution >= 0.6 is 0 Å². The number of rotatable bonds is 4. The molecule has 2 aromatic rings. The first kappa shape index (κ1) is 14.9. The SMILES string of the molecule is CCCCC1CCC(c2nc3cc4c(cc3[nH]2)OCCO4)CC1. The number of hydrogen-bond acceptors (Lipinski definition) is 3. The summed E-state index contributed by atoms with van der Waals surface area (Å²) in [5, 5.41) is 0. The molecule has 2 aliphatic rings. The Morgan fingerprint density at radius 3 is 2.57 bits per heavy atom. The maximum absolute atomic E-state index is 5.67. The highest BCUT2D eigenvalue weighted by Crippen LogP contribution is 2.39. The summed E-state index contributed by atoms with van der Waals surface area (Å²) in [6.07, 6.45) is 9.34. The lowest BCUT2D eigenvalue weighted by atomic mass is 9.79. The fraction of sp³-hybridized carbons (Fsp3) is 0.632. The Bertz CT molecular complexity index is 628. The molecule has 1 fully saturated rings. The molecule has 23 heavy (non-hydrogen) atoms. The van der Waals surface area contributed by atoms with E-state index < -0.39 is 0 Å². The van der Waals surface area contributed by atoms with Crippen LogP contribution in [0.4, 0.5) is 0 Å². The Morgan fingerprint density at radius 2 is 1.83 bits per heavy atom. The summed E-state index contributed by atoms with van der Waals surface area (Å²) < 4.78 is 11.3. The van der Waals surface area contributed by atoms with Gasteiger partial charge in [-0.25, -0.2) is 4.98 Å². The summed E-state index contributed by atoms with van der Waals surface area (Å²) >= 11 is 0. The molecular weight excluding hydrogens is 288 g/mol. The highest BCUT2D eigenvalue weighted by molar-refractivity contribution is 5.80. The van der Waals surface area contributed by atoms with E-state index in [4.69, 9.17) is 14.5 Å². The maximum Gasteiger partial charge on any atom is 0.163 e. The molecule has 1 aromatic carbocycles. The number of aromatic nitrogens is 2. The van der Waals surface area contributed by atoms with Gasteiger partial charge in [-0.2, -0.15) is 0 Å². The van der Waals surface area contributed by atoms with Crippen molar-refractivity contribution in [1.29, 1.82) is 0 Å². The first-order chi connectivity index (χ1) is 11.3. The number of nitrogens with one attached hydrogen (secondary N) is 1. The minimum Gasteiger partial charge on any atom is -0.486 e. The lowest BCUT2D eigenvalue weighted by Gasteiger charge is -2.27. The van der Waals surface area contributed by atoms with Gasteiger partial charge in [0.1, 0.15) is 19.0 Å². The maximum atomic E-state index is 5.67. The van der Waals surface area contributed by atoms with Gasteiger partial charge in [-0.15, -0.1) is 0 Å². The van der Waals surface area contributed by atoms with Gasteiger partial charge in [-0.3, -0.25) is 0 Å². The van der Waals surface area contributed by atoms with Gasteiger partial charge in [0.25, 0.3) is 0 Å². The first-order valence-electron chi connectivity index (χ1n) is 9.12. The van der Waals surface area contributed by atoms with Gasteiger partial charge < -0.3 is 14.5 Å². The number of H-pyrrole nitrogens is 1. The highest BCUT2D eigenvalue weighted by atomic mass is 16.6. The zero-order valence-corrected chi connectivity index (χ0v) is 13.9. The minimum atomic E-state index is 0.583. The van der Waals surface area contributed by atoms with Crippen LogP contribution in [-0.4, -0.2) is 23.2 Å². The third-order valence-electron chi connectivity index (χ3n) is 5.36. The second-order valence-corrected chi connectivity index (χ2v) is 6.99. The molecule has 4 rings (SSSR count). The van der Waals surface area contributed by atoms with Gasteiger partial charge >= 0.3 is 0 Å². The first-order valence-corrected chi connectivity index (χ1v) is 9.12. The minimum absolute atomic E-state index is 0.583. The lowest BCUT2D eigenvalue weighted by Crippen LogP contribution is -2.15. The van der Waals surface area contributed by atoms with Crippen LogP contribution < -0.4 is 9.47 Å². The second-order valence-electron chi connectivity index (χ2n) is 6.99. The van der Waals surface area contributed by atoms with Crippen molar-refractivity contribution < 1.29 is 9.47 Å². The van der Waals surface area contributed by atoms with Crippen molar-refractivity contribution >= 4 is 11.0 Å². The van der Waals surface area contributed by atoms with E-state index >= 15 is 0 Å². The Morgan fingerprint density at radius 1 is 1.09 bits per heavy atom. The van der Waals surface area contributed by atoms with E-state index in [0.717, 1.165) is 34.3 Å². The van der Waals surface area contributed by atoms with Gasteiger partial charge in [-0.05, 0) is 31.6 Å². The number of nitrogens with zero attached hydrogens (tertiary/aromatic N) is 1. The van der Waals surface area contributed by atoms with Crippen LogP contribution in [0.2, 0.25) is 0 Å². The van der Waals surface area contributed by atoms with Crippen molar-refractivity contribution in [1.82, 2.24) is 9.97 Å². The Labute approximate surface area is 137 Å². The Balaban J connectivity index is 1.49. The predicted molar refractivity (Wildman–Crippen MR) is 91.3 cm³/mol. The fourth-order valence-corrected chi connectivity index (χ4v) is 3.98. The van der Waals surface area contributed by atoms with Gasteiger partial charge in [0, 0.05) is 18.1 Å². The van der Waals surface area contributed by atoms with Crippen LogP contribution in [0.25, 0.3) is 11.0 Å². The molecule has 0 saturated heterocycles. The van der Waals surface area contributed by atoms with Gasteiger partial charge in [0.05, 0.1) is 11.0 Å². The van der Waals surface area contributed by atoms with E-state index in [0.29, 0.717) is 19.1 Å². The topological polar surface area (TPSA) is 47.1 Å². The van der Waals surface area contributed by atoms with Crippen LogP contribution in [-0.2, 0) is 0 Å². The molecule has 1 saturated carbocycles. The standard InChI is InChI=1S/C19H26N2O2/c1-2-3-4-13-5-7-14(8-6-13)19-20-15-11-17-18(12-16(15)21-19)23-10-9-22-17/h11-14H,2-10H2,1H3,(H,20,21). The van der Waals surface area contributed by atoms with E-state index in [1.54, 1.807) is 0 Å². The Kier molecular flexibility index (Phi) is 4.15. The average molecular weight is 314 g/mol. The van der Waals surface area contributed by atoms with Crippen LogP contribution in [0.5, 0.6) is 11.5 Å². The van der Waals surface area contributed by atoms with Crippen molar-refractivity contribution in [2.45, 2.75) is 57.8 Å². The molecule has 4 heteroatoms. The largest absolute Gasteiger partial charge is 0.486 e. The van der Waals surface area contributed by atoms with Crippen LogP contribution in [0.15, 0.2) is 12.1 Å². The Hall–Kier alpha value is -1.71. The van der Waals surface area contributed by atoms with Crippen LogP contribution in [0.3, 0.4) is 0 Å². The number of fused-ring (bicyclic) bond motifs is 2. The molecular formula is C19H26N2O2. The van der Waals surface area contributed by atoms with E-state index in [1.807, 2.05) is 12.1 Å². The summed E-state index contributed by atoms with van der Waals surface area (Å²) in [7, 11) is 0. The number of imidazole rings is 1. The third-order valence-corrected chi connectivity index (χ3v) is 5.36. The zero-order valence-electron chi connectivity index (χ0n) is 13.9. The number of benzene rings is 1. The number of ether oxygens (including phenoxy) is 2.